The number of ether oxygens (including phenoxy) is 1. The lowest BCUT2D eigenvalue weighted by Crippen LogP contribution is -2.28. The number of hydrogen-bond acceptors (Lipinski definition) is 5. The summed E-state index contributed by atoms with van der Waals surface area (Å²) in [5, 5.41) is 2.81. The Labute approximate surface area is 193 Å². The summed E-state index contributed by atoms with van der Waals surface area (Å²) in [7, 11) is -3.80. The molecular weight excluding hydrogens is 452 g/mol. The Bertz CT molecular complexity index is 1100. The van der Waals surface area contributed by atoms with Crippen molar-refractivity contribution in [3.8, 4) is 0 Å². The monoisotopic (exact) mass is 478 g/mol. The van der Waals surface area contributed by atoms with Crippen LogP contribution < -0.4 is 5.32 Å². The molecule has 0 saturated carbocycles. The summed E-state index contributed by atoms with van der Waals surface area (Å²) < 4.78 is 32.1. The van der Waals surface area contributed by atoms with Crippen LogP contribution in [0.2, 0.25) is 5.02 Å². The highest BCUT2D eigenvalue weighted by atomic mass is 35.5. The van der Waals surface area contributed by atoms with E-state index in [1.165, 1.54) is 22.5 Å². The minimum Gasteiger partial charge on any atom is -0.452 e. The third-order valence-corrected chi connectivity index (χ3v) is 7.94. The van der Waals surface area contributed by atoms with E-state index in [0.717, 1.165) is 24.8 Å². The number of benzene rings is 2. The second-order valence-corrected chi connectivity index (χ2v) is 10.1. The van der Waals surface area contributed by atoms with Crippen LogP contribution in [0, 0.1) is 0 Å². The molecule has 9 heteroatoms. The van der Waals surface area contributed by atoms with Gasteiger partial charge < -0.3 is 10.1 Å². The number of carbonyl (C=O) groups excluding carboxylic acids is 2. The minimum absolute atomic E-state index is 0.0139. The predicted molar refractivity (Wildman–Crippen MR) is 124 cm³/mol. The van der Waals surface area contributed by atoms with Gasteiger partial charge in [0.25, 0.3) is 5.91 Å². The van der Waals surface area contributed by atoms with Crippen LogP contribution in [0.25, 0.3) is 0 Å². The lowest BCUT2D eigenvalue weighted by Gasteiger charge is -2.17. The maximum atomic E-state index is 12.8. The number of halogens is 1. The molecule has 1 fully saturated rings. The lowest BCUT2D eigenvalue weighted by atomic mass is 9.97. The maximum Gasteiger partial charge on any atom is 0.338 e. The standard InChI is InChI=1S/C23H27ClN2O5S/c1-3-16(2)18-8-4-5-9-20(18)25-22(27)15-31-23(28)17-10-11-19(24)21(14-17)32(29,30)26-12-6-7-13-26/h4-5,8-11,14,16H,3,6-7,12-13,15H2,1-2H3,(H,25,27). The van der Waals surface area contributed by atoms with Crippen LogP contribution in [-0.4, -0.2) is 44.3 Å². The highest BCUT2D eigenvalue weighted by Gasteiger charge is 2.30. The van der Waals surface area contributed by atoms with Crippen LogP contribution >= 0.6 is 11.6 Å². The Hall–Kier alpha value is -2.42. The van der Waals surface area contributed by atoms with E-state index in [1.807, 2.05) is 18.2 Å². The molecule has 7 nitrogen and oxygen atoms in total. The minimum atomic E-state index is -3.80. The van der Waals surface area contributed by atoms with Crippen molar-refractivity contribution in [2.24, 2.45) is 0 Å². The van der Waals surface area contributed by atoms with Crippen LogP contribution in [0.5, 0.6) is 0 Å². The summed E-state index contributed by atoms with van der Waals surface area (Å²) in [6.07, 6.45) is 2.49. The number of nitrogens with one attached hydrogen (secondary N) is 1. The molecule has 1 atom stereocenters. The molecular formula is C23H27ClN2O5S. The first kappa shape index (κ1) is 24.2. The van der Waals surface area contributed by atoms with E-state index in [0.29, 0.717) is 18.8 Å². The number of hydrogen-bond donors (Lipinski definition) is 1. The van der Waals surface area contributed by atoms with Gasteiger partial charge in [-0.2, -0.15) is 4.31 Å². The van der Waals surface area contributed by atoms with Crippen LogP contribution in [0.4, 0.5) is 5.69 Å². The summed E-state index contributed by atoms with van der Waals surface area (Å²) in [5.41, 5.74) is 1.69. The van der Waals surface area contributed by atoms with Gasteiger partial charge in [-0.3, -0.25) is 4.79 Å². The quantitative estimate of drug-likeness (QED) is 0.566. The summed E-state index contributed by atoms with van der Waals surface area (Å²) in [4.78, 5) is 24.7. The van der Waals surface area contributed by atoms with Crippen molar-refractivity contribution < 1.29 is 22.7 Å². The van der Waals surface area contributed by atoms with Crippen LogP contribution in [-0.2, 0) is 19.6 Å². The van der Waals surface area contributed by atoms with Crippen LogP contribution in [0.3, 0.4) is 0 Å². The normalized spacial score (nSPS) is 15.3. The van der Waals surface area contributed by atoms with Gasteiger partial charge in [0.1, 0.15) is 4.90 Å². The summed E-state index contributed by atoms with van der Waals surface area (Å²) in [6.45, 7) is 4.48. The number of sulfonamides is 1. The van der Waals surface area contributed by atoms with Gasteiger partial charge in [-0.15, -0.1) is 0 Å². The topological polar surface area (TPSA) is 92.8 Å². The van der Waals surface area contributed by atoms with Crippen molar-refractivity contribution in [1.29, 1.82) is 0 Å². The summed E-state index contributed by atoms with van der Waals surface area (Å²) in [5.74, 6) is -1.02. The number of nitrogens with zero attached hydrogens (tertiary/aromatic N) is 1. The number of esters is 1. The first-order valence-electron chi connectivity index (χ1n) is 10.6. The first-order chi connectivity index (χ1) is 15.2. The van der Waals surface area contributed by atoms with Gasteiger partial charge in [0.2, 0.25) is 10.0 Å². The number of anilines is 1. The number of rotatable bonds is 8. The average Bonchev–Trinajstić information content (AvgIpc) is 3.33. The Kier molecular flexibility index (Phi) is 7.92. The fourth-order valence-electron chi connectivity index (χ4n) is 3.56. The zero-order valence-corrected chi connectivity index (χ0v) is 19.7. The molecule has 1 heterocycles. The van der Waals surface area contributed by atoms with Gasteiger partial charge in [0.05, 0.1) is 10.6 Å². The molecule has 0 spiro atoms. The maximum absolute atomic E-state index is 12.8. The number of para-hydroxylation sites is 1. The third kappa shape index (κ3) is 5.49. The zero-order chi connectivity index (χ0) is 23.3. The highest BCUT2D eigenvalue weighted by molar-refractivity contribution is 7.89. The summed E-state index contributed by atoms with van der Waals surface area (Å²) >= 11 is 6.11. The SMILES string of the molecule is CCC(C)c1ccccc1NC(=O)COC(=O)c1ccc(Cl)c(S(=O)(=O)N2CCCC2)c1. The van der Waals surface area contributed by atoms with Gasteiger partial charge in [-0.25, -0.2) is 13.2 Å². The van der Waals surface area contributed by atoms with Crippen molar-refractivity contribution in [1.82, 2.24) is 4.31 Å². The van der Waals surface area contributed by atoms with E-state index < -0.39 is 28.5 Å². The molecule has 2 aromatic carbocycles. The van der Waals surface area contributed by atoms with Crippen molar-refractivity contribution in [3.63, 3.8) is 0 Å². The molecule has 1 saturated heterocycles. The second-order valence-electron chi connectivity index (χ2n) is 7.78. The Morgan fingerprint density at radius 1 is 1.16 bits per heavy atom. The molecule has 1 aliphatic heterocycles. The van der Waals surface area contributed by atoms with E-state index >= 15 is 0 Å². The Morgan fingerprint density at radius 3 is 2.53 bits per heavy atom. The number of amides is 1. The first-order valence-corrected chi connectivity index (χ1v) is 12.4. The average molecular weight is 479 g/mol. The van der Waals surface area contributed by atoms with Gasteiger partial charge in [0.15, 0.2) is 6.61 Å². The van der Waals surface area contributed by atoms with Crippen molar-refractivity contribution in [2.75, 3.05) is 25.0 Å². The van der Waals surface area contributed by atoms with Crippen LogP contribution in [0.15, 0.2) is 47.4 Å². The molecule has 172 valence electrons. The van der Waals surface area contributed by atoms with Gasteiger partial charge in [-0.05, 0) is 55.0 Å². The van der Waals surface area contributed by atoms with Crippen molar-refractivity contribution in [3.05, 3.63) is 58.6 Å². The fraction of sp³-hybridized carbons (Fsp3) is 0.391. The molecule has 0 aliphatic carbocycles. The molecule has 0 aromatic heterocycles. The smallest absolute Gasteiger partial charge is 0.338 e. The molecule has 32 heavy (non-hydrogen) atoms. The van der Waals surface area contributed by atoms with Crippen molar-refractivity contribution >= 4 is 39.2 Å². The molecule has 0 radical (unpaired) electrons. The molecule has 1 N–H and O–H groups in total. The van der Waals surface area contributed by atoms with Gasteiger partial charge in [-0.1, -0.05) is 43.6 Å². The summed E-state index contributed by atoms with van der Waals surface area (Å²) in [6, 6.07) is 11.4. The predicted octanol–water partition coefficient (Wildman–Crippen LogP) is 4.43. The van der Waals surface area contributed by atoms with E-state index in [-0.39, 0.29) is 21.4 Å². The van der Waals surface area contributed by atoms with Gasteiger partial charge in [0, 0.05) is 18.8 Å². The molecule has 1 aliphatic rings. The van der Waals surface area contributed by atoms with Gasteiger partial charge >= 0.3 is 5.97 Å². The lowest BCUT2D eigenvalue weighted by molar-refractivity contribution is -0.119. The fourth-order valence-corrected chi connectivity index (χ4v) is 5.57. The second kappa shape index (κ2) is 10.5. The Morgan fingerprint density at radius 2 is 1.84 bits per heavy atom. The molecule has 1 unspecified atom stereocenters. The molecule has 2 aromatic rings. The van der Waals surface area contributed by atoms with Crippen LogP contribution in [0.1, 0.15) is 54.9 Å². The van der Waals surface area contributed by atoms with E-state index in [4.69, 9.17) is 16.3 Å². The largest absolute Gasteiger partial charge is 0.452 e. The van der Waals surface area contributed by atoms with E-state index in [2.05, 4.69) is 19.2 Å². The molecule has 1 amide bonds. The van der Waals surface area contributed by atoms with E-state index in [1.54, 1.807) is 6.07 Å². The molecule has 3 rings (SSSR count). The number of carbonyl (C=O) groups is 2. The van der Waals surface area contributed by atoms with Crippen molar-refractivity contribution in [2.45, 2.75) is 43.9 Å². The zero-order valence-electron chi connectivity index (χ0n) is 18.1. The highest BCUT2D eigenvalue weighted by Crippen LogP contribution is 2.29. The molecule has 0 bridgehead atoms. The van der Waals surface area contributed by atoms with E-state index in [9.17, 15) is 18.0 Å². The Balaban J connectivity index is 1.67. The third-order valence-electron chi connectivity index (χ3n) is 5.56.